The molecule has 2 rings (SSSR count). The number of hydrogen-bond donors (Lipinski definition) is 2. The number of carbonyl (C=O) groups is 1. The number of aliphatic carboxylic acids is 1. The molecule has 2 N–H and O–H groups in total. The maximum absolute atomic E-state index is 10.6. The molecule has 2 aliphatic carbocycles. The lowest BCUT2D eigenvalue weighted by Crippen LogP contribution is -2.29. The molecule has 11 heavy (non-hydrogen) atoms. The van der Waals surface area contributed by atoms with Crippen molar-refractivity contribution >= 4 is 5.97 Å². The normalized spacial score (nSPS) is 48.1. The van der Waals surface area contributed by atoms with E-state index in [1.807, 2.05) is 0 Å². The van der Waals surface area contributed by atoms with Crippen molar-refractivity contribution in [3.8, 4) is 0 Å². The van der Waals surface area contributed by atoms with Crippen molar-refractivity contribution in [2.24, 2.45) is 17.8 Å². The maximum Gasteiger partial charge on any atom is 0.306 e. The van der Waals surface area contributed by atoms with Crippen LogP contribution in [0.4, 0.5) is 0 Å². The molecule has 0 radical (unpaired) electrons. The molecule has 2 saturated carbocycles. The summed E-state index contributed by atoms with van der Waals surface area (Å²) in [7, 11) is 0. The zero-order chi connectivity index (χ0) is 8.01. The van der Waals surface area contributed by atoms with Crippen LogP contribution in [0.5, 0.6) is 0 Å². The number of hydrogen-bond acceptors (Lipinski definition) is 2. The summed E-state index contributed by atoms with van der Waals surface area (Å²) in [6, 6.07) is 0. The van der Waals surface area contributed by atoms with Crippen LogP contribution >= 0.6 is 0 Å². The molecule has 0 aromatic heterocycles. The average Bonchev–Trinajstić information content (AvgIpc) is 2.43. The molecular weight excluding hydrogens is 144 g/mol. The fourth-order valence-electron chi connectivity index (χ4n) is 2.60. The number of aliphatic hydroxyl groups excluding tert-OH is 1. The van der Waals surface area contributed by atoms with E-state index in [4.69, 9.17) is 5.11 Å². The molecule has 2 aliphatic rings. The Morgan fingerprint density at radius 2 is 2.00 bits per heavy atom. The molecule has 0 aromatic carbocycles. The fraction of sp³-hybridized carbons (Fsp3) is 0.875. The van der Waals surface area contributed by atoms with Gasteiger partial charge in [-0.25, -0.2) is 0 Å². The number of fused-ring (bicyclic) bond motifs is 2. The van der Waals surface area contributed by atoms with Crippen LogP contribution in [-0.2, 0) is 4.79 Å². The van der Waals surface area contributed by atoms with Gasteiger partial charge in [-0.1, -0.05) is 0 Å². The Labute approximate surface area is 65.0 Å². The second-order valence-corrected chi connectivity index (χ2v) is 3.75. The zero-order valence-corrected chi connectivity index (χ0v) is 6.23. The second-order valence-electron chi connectivity index (χ2n) is 3.75. The van der Waals surface area contributed by atoms with Crippen molar-refractivity contribution < 1.29 is 15.0 Å². The van der Waals surface area contributed by atoms with Gasteiger partial charge >= 0.3 is 5.97 Å². The number of rotatable bonds is 1. The maximum atomic E-state index is 10.6. The molecular formula is C8H12O3. The number of aliphatic hydroxyl groups is 1. The monoisotopic (exact) mass is 156 g/mol. The van der Waals surface area contributed by atoms with Crippen LogP contribution in [0.25, 0.3) is 0 Å². The quantitative estimate of drug-likeness (QED) is 0.580. The molecule has 2 fully saturated rings. The van der Waals surface area contributed by atoms with Gasteiger partial charge in [-0.15, -0.1) is 0 Å². The Balaban J connectivity index is 2.12. The van der Waals surface area contributed by atoms with Gasteiger partial charge in [-0.05, 0) is 31.1 Å². The molecule has 0 saturated heterocycles. The van der Waals surface area contributed by atoms with E-state index in [2.05, 4.69) is 0 Å². The highest BCUT2D eigenvalue weighted by molar-refractivity contribution is 5.71. The van der Waals surface area contributed by atoms with E-state index in [0.29, 0.717) is 5.92 Å². The minimum atomic E-state index is -0.726. The van der Waals surface area contributed by atoms with Crippen molar-refractivity contribution in [2.75, 3.05) is 0 Å². The fourth-order valence-corrected chi connectivity index (χ4v) is 2.60. The van der Waals surface area contributed by atoms with Gasteiger partial charge < -0.3 is 10.2 Å². The Morgan fingerprint density at radius 3 is 2.36 bits per heavy atom. The summed E-state index contributed by atoms with van der Waals surface area (Å²) in [4.78, 5) is 10.6. The molecule has 3 heteroatoms. The van der Waals surface area contributed by atoms with E-state index in [1.54, 1.807) is 0 Å². The van der Waals surface area contributed by atoms with Crippen LogP contribution in [0.2, 0.25) is 0 Å². The SMILES string of the molecule is O=C(O)[C@H]1C[C@@H]2C[C@H]1[C@@H](O)C2. The molecule has 2 bridgehead atoms. The molecule has 3 nitrogen and oxygen atoms in total. The summed E-state index contributed by atoms with van der Waals surface area (Å²) in [5, 5.41) is 18.1. The third-order valence-corrected chi connectivity index (χ3v) is 3.10. The molecule has 0 aromatic rings. The summed E-state index contributed by atoms with van der Waals surface area (Å²) < 4.78 is 0. The van der Waals surface area contributed by atoms with Gasteiger partial charge in [0.1, 0.15) is 0 Å². The lowest BCUT2D eigenvalue weighted by Gasteiger charge is -2.22. The highest BCUT2D eigenvalue weighted by Gasteiger charge is 2.48. The Hall–Kier alpha value is -0.570. The lowest BCUT2D eigenvalue weighted by molar-refractivity contribution is -0.145. The largest absolute Gasteiger partial charge is 0.481 e. The van der Waals surface area contributed by atoms with E-state index < -0.39 is 5.97 Å². The first kappa shape index (κ1) is 7.10. The molecule has 0 aliphatic heterocycles. The Bertz CT molecular complexity index is 190. The second kappa shape index (κ2) is 2.21. The van der Waals surface area contributed by atoms with E-state index in [9.17, 15) is 9.90 Å². The van der Waals surface area contributed by atoms with Crippen molar-refractivity contribution in [1.29, 1.82) is 0 Å². The summed E-state index contributed by atoms with van der Waals surface area (Å²) in [6.45, 7) is 0. The van der Waals surface area contributed by atoms with E-state index >= 15 is 0 Å². The van der Waals surface area contributed by atoms with Gasteiger partial charge in [-0.2, -0.15) is 0 Å². The van der Waals surface area contributed by atoms with E-state index in [0.717, 1.165) is 19.3 Å². The molecule has 0 amide bonds. The van der Waals surface area contributed by atoms with Crippen molar-refractivity contribution in [2.45, 2.75) is 25.4 Å². The lowest BCUT2D eigenvalue weighted by atomic mass is 9.87. The Morgan fingerprint density at radius 1 is 1.27 bits per heavy atom. The predicted molar refractivity (Wildman–Crippen MR) is 38.0 cm³/mol. The zero-order valence-electron chi connectivity index (χ0n) is 6.23. The topological polar surface area (TPSA) is 57.5 Å². The van der Waals surface area contributed by atoms with E-state index in [1.165, 1.54) is 0 Å². The molecule has 62 valence electrons. The molecule has 0 unspecified atom stereocenters. The van der Waals surface area contributed by atoms with Crippen LogP contribution in [0.15, 0.2) is 0 Å². The Kier molecular flexibility index (Phi) is 1.42. The van der Waals surface area contributed by atoms with Gasteiger partial charge in [0.25, 0.3) is 0 Å². The van der Waals surface area contributed by atoms with Gasteiger partial charge in [0.05, 0.1) is 12.0 Å². The predicted octanol–water partition coefficient (Wildman–Crippen LogP) is 0.478. The van der Waals surface area contributed by atoms with Crippen LogP contribution < -0.4 is 0 Å². The smallest absolute Gasteiger partial charge is 0.306 e. The van der Waals surface area contributed by atoms with Crippen molar-refractivity contribution in [1.82, 2.24) is 0 Å². The summed E-state index contributed by atoms with van der Waals surface area (Å²) in [5.74, 6) is -0.450. The van der Waals surface area contributed by atoms with Crippen LogP contribution in [-0.4, -0.2) is 22.3 Å². The number of carboxylic acid groups (broad SMARTS) is 1. The minimum Gasteiger partial charge on any atom is -0.481 e. The highest BCUT2D eigenvalue weighted by atomic mass is 16.4. The van der Waals surface area contributed by atoms with Gasteiger partial charge in [0, 0.05) is 0 Å². The molecule has 4 atom stereocenters. The first-order chi connectivity index (χ1) is 5.18. The third-order valence-electron chi connectivity index (χ3n) is 3.10. The molecule has 0 heterocycles. The van der Waals surface area contributed by atoms with Crippen LogP contribution in [0, 0.1) is 17.8 Å². The average molecular weight is 156 g/mol. The summed E-state index contributed by atoms with van der Waals surface area (Å²) in [5.41, 5.74) is 0. The van der Waals surface area contributed by atoms with Gasteiger partial charge in [0.15, 0.2) is 0 Å². The summed E-state index contributed by atoms with van der Waals surface area (Å²) >= 11 is 0. The van der Waals surface area contributed by atoms with Crippen LogP contribution in [0.3, 0.4) is 0 Å². The van der Waals surface area contributed by atoms with Crippen LogP contribution in [0.1, 0.15) is 19.3 Å². The molecule has 0 spiro atoms. The van der Waals surface area contributed by atoms with Gasteiger partial charge in [-0.3, -0.25) is 4.79 Å². The van der Waals surface area contributed by atoms with Crippen molar-refractivity contribution in [3.63, 3.8) is 0 Å². The standard InChI is InChI=1S/C8H12O3/c9-7-3-4-1-5(7)6(2-4)8(10)11/h4-7,9H,1-3H2,(H,10,11)/t4-,5+,6-,7-/m0/s1. The minimum absolute atomic E-state index is 0.0532. The first-order valence-corrected chi connectivity index (χ1v) is 4.09. The third kappa shape index (κ3) is 0.948. The summed E-state index contributed by atoms with van der Waals surface area (Å²) in [6.07, 6.45) is 2.21. The van der Waals surface area contributed by atoms with Gasteiger partial charge in [0.2, 0.25) is 0 Å². The van der Waals surface area contributed by atoms with Crippen molar-refractivity contribution in [3.05, 3.63) is 0 Å². The number of carboxylic acids is 1. The first-order valence-electron chi connectivity index (χ1n) is 4.09. The highest BCUT2D eigenvalue weighted by Crippen LogP contribution is 2.48. The van der Waals surface area contributed by atoms with E-state index in [-0.39, 0.29) is 17.9 Å².